The summed E-state index contributed by atoms with van der Waals surface area (Å²) in [6.45, 7) is 5.88. The fourth-order valence-electron chi connectivity index (χ4n) is 3.39. The zero-order valence-electron chi connectivity index (χ0n) is 13.9. The Balaban J connectivity index is 1.61. The van der Waals surface area contributed by atoms with Gasteiger partial charge in [-0.1, -0.05) is 0 Å². The summed E-state index contributed by atoms with van der Waals surface area (Å²) >= 11 is 0. The van der Waals surface area contributed by atoms with E-state index >= 15 is 0 Å². The molecule has 0 radical (unpaired) electrons. The van der Waals surface area contributed by atoms with Crippen molar-refractivity contribution in [2.24, 2.45) is 5.92 Å². The highest BCUT2D eigenvalue weighted by molar-refractivity contribution is 5.94. The van der Waals surface area contributed by atoms with Crippen LogP contribution in [0.5, 0.6) is 5.75 Å². The standard InChI is InChI=1S/C18H25NO4/c1-13(20)15-3-4-17(21-2)16(11-15)12-19-7-5-14(6-8-19)18-22-9-10-23-18/h3-4,11,14,18H,5-10,12H2,1-2H3. The lowest BCUT2D eigenvalue weighted by atomic mass is 9.95. The number of piperidine rings is 1. The Morgan fingerprint density at radius 3 is 2.57 bits per heavy atom. The molecule has 0 bridgehead atoms. The lowest BCUT2D eigenvalue weighted by Gasteiger charge is -2.34. The van der Waals surface area contributed by atoms with Gasteiger partial charge in [0.2, 0.25) is 0 Å². The third-order valence-electron chi connectivity index (χ3n) is 4.75. The van der Waals surface area contributed by atoms with Crippen LogP contribution in [-0.2, 0) is 16.0 Å². The molecule has 0 spiro atoms. The number of Topliss-reactive ketones (excluding diaryl/α,β-unsaturated/α-hetero) is 1. The Morgan fingerprint density at radius 1 is 1.26 bits per heavy atom. The van der Waals surface area contributed by atoms with Crippen LogP contribution in [0, 0.1) is 5.92 Å². The molecule has 0 aromatic heterocycles. The van der Waals surface area contributed by atoms with E-state index in [1.54, 1.807) is 14.0 Å². The number of carbonyl (C=O) groups is 1. The van der Waals surface area contributed by atoms with E-state index < -0.39 is 0 Å². The molecule has 1 aromatic carbocycles. The minimum atomic E-state index is -0.00673. The molecule has 1 aromatic rings. The Labute approximate surface area is 137 Å². The van der Waals surface area contributed by atoms with E-state index in [1.165, 1.54) is 0 Å². The number of methoxy groups -OCH3 is 1. The zero-order chi connectivity index (χ0) is 16.2. The van der Waals surface area contributed by atoms with Crippen LogP contribution in [0.2, 0.25) is 0 Å². The minimum absolute atomic E-state index is 0.00673. The second-order valence-corrected chi connectivity index (χ2v) is 6.31. The monoisotopic (exact) mass is 319 g/mol. The average Bonchev–Trinajstić information content (AvgIpc) is 3.10. The van der Waals surface area contributed by atoms with E-state index in [2.05, 4.69) is 4.90 Å². The number of benzene rings is 1. The van der Waals surface area contributed by atoms with Gasteiger partial charge in [0, 0.05) is 23.6 Å². The Bertz CT molecular complexity index is 546. The van der Waals surface area contributed by atoms with E-state index in [9.17, 15) is 4.79 Å². The molecular formula is C18H25NO4. The molecule has 23 heavy (non-hydrogen) atoms. The van der Waals surface area contributed by atoms with Gasteiger partial charge in [-0.2, -0.15) is 0 Å². The van der Waals surface area contributed by atoms with E-state index in [1.807, 2.05) is 18.2 Å². The summed E-state index contributed by atoms with van der Waals surface area (Å²) in [4.78, 5) is 14.0. The second-order valence-electron chi connectivity index (χ2n) is 6.31. The lowest BCUT2D eigenvalue weighted by Crippen LogP contribution is -2.37. The molecule has 5 heteroatoms. The number of rotatable bonds is 5. The summed E-state index contributed by atoms with van der Waals surface area (Å²) in [5.41, 5.74) is 1.82. The highest BCUT2D eigenvalue weighted by atomic mass is 16.7. The van der Waals surface area contributed by atoms with Gasteiger partial charge in [0.25, 0.3) is 0 Å². The maximum Gasteiger partial charge on any atom is 0.160 e. The smallest absolute Gasteiger partial charge is 0.160 e. The number of ether oxygens (including phenoxy) is 3. The van der Waals surface area contributed by atoms with Crippen molar-refractivity contribution in [3.63, 3.8) is 0 Å². The van der Waals surface area contributed by atoms with Gasteiger partial charge in [-0.05, 0) is 51.1 Å². The molecular weight excluding hydrogens is 294 g/mol. The van der Waals surface area contributed by atoms with E-state index in [4.69, 9.17) is 14.2 Å². The van der Waals surface area contributed by atoms with Gasteiger partial charge in [0.1, 0.15) is 5.75 Å². The maximum absolute atomic E-state index is 11.6. The van der Waals surface area contributed by atoms with Crippen molar-refractivity contribution in [3.8, 4) is 5.75 Å². The largest absolute Gasteiger partial charge is 0.496 e. The topological polar surface area (TPSA) is 48.0 Å². The SMILES string of the molecule is COc1ccc(C(C)=O)cc1CN1CCC(C2OCCO2)CC1. The molecule has 2 fully saturated rings. The minimum Gasteiger partial charge on any atom is -0.496 e. The highest BCUT2D eigenvalue weighted by Gasteiger charge is 2.30. The molecule has 126 valence electrons. The normalized spacial score (nSPS) is 20.8. The van der Waals surface area contributed by atoms with Crippen LogP contribution in [0.25, 0.3) is 0 Å². The molecule has 2 aliphatic heterocycles. The van der Waals surface area contributed by atoms with Crippen molar-refractivity contribution >= 4 is 5.78 Å². The van der Waals surface area contributed by atoms with Crippen molar-refractivity contribution in [2.75, 3.05) is 33.4 Å². The van der Waals surface area contributed by atoms with Crippen LogP contribution < -0.4 is 4.74 Å². The zero-order valence-corrected chi connectivity index (χ0v) is 13.9. The van der Waals surface area contributed by atoms with Gasteiger partial charge in [-0.25, -0.2) is 0 Å². The van der Waals surface area contributed by atoms with Crippen LogP contribution >= 0.6 is 0 Å². The molecule has 0 unspecified atom stereocenters. The summed E-state index contributed by atoms with van der Waals surface area (Å²) in [6, 6.07) is 5.67. The molecule has 2 heterocycles. The van der Waals surface area contributed by atoms with Crippen molar-refractivity contribution in [1.29, 1.82) is 0 Å². The first-order valence-corrected chi connectivity index (χ1v) is 8.31. The molecule has 5 nitrogen and oxygen atoms in total. The first kappa shape index (κ1) is 16.4. The Kier molecular flexibility index (Phi) is 5.30. The maximum atomic E-state index is 11.6. The lowest BCUT2D eigenvalue weighted by molar-refractivity contribution is -0.0978. The summed E-state index contributed by atoms with van der Waals surface area (Å²) in [5.74, 6) is 1.43. The molecule has 0 atom stereocenters. The van der Waals surface area contributed by atoms with Crippen LogP contribution in [-0.4, -0.2) is 50.4 Å². The summed E-state index contributed by atoms with van der Waals surface area (Å²) in [6.07, 6.45) is 2.16. The highest BCUT2D eigenvalue weighted by Crippen LogP contribution is 2.28. The number of nitrogens with zero attached hydrogens (tertiary/aromatic N) is 1. The molecule has 2 aliphatic rings. The molecule has 0 amide bonds. The fraction of sp³-hybridized carbons (Fsp3) is 0.611. The van der Waals surface area contributed by atoms with E-state index in [0.717, 1.165) is 62.6 Å². The van der Waals surface area contributed by atoms with Gasteiger partial charge < -0.3 is 14.2 Å². The molecule has 3 rings (SSSR count). The van der Waals surface area contributed by atoms with Crippen LogP contribution in [0.15, 0.2) is 18.2 Å². The van der Waals surface area contributed by atoms with Gasteiger partial charge in [-0.3, -0.25) is 9.69 Å². The van der Waals surface area contributed by atoms with Gasteiger partial charge >= 0.3 is 0 Å². The van der Waals surface area contributed by atoms with E-state index in [-0.39, 0.29) is 12.1 Å². The van der Waals surface area contributed by atoms with Crippen LogP contribution in [0.4, 0.5) is 0 Å². The van der Waals surface area contributed by atoms with Gasteiger partial charge in [0.15, 0.2) is 12.1 Å². The third-order valence-corrected chi connectivity index (χ3v) is 4.75. The predicted octanol–water partition coefficient (Wildman–Crippen LogP) is 2.48. The van der Waals surface area contributed by atoms with Crippen molar-refractivity contribution < 1.29 is 19.0 Å². The summed E-state index contributed by atoms with van der Waals surface area (Å²) in [5, 5.41) is 0. The number of hydrogen-bond donors (Lipinski definition) is 0. The van der Waals surface area contributed by atoms with Crippen molar-refractivity contribution in [1.82, 2.24) is 4.90 Å². The number of ketones is 1. The first-order chi connectivity index (χ1) is 11.2. The van der Waals surface area contributed by atoms with Crippen molar-refractivity contribution in [3.05, 3.63) is 29.3 Å². The number of carbonyl (C=O) groups excluding carboxylic acids is 1. The Morgan fingerprint density at radius 2 is 1.96 bits per heavy atom. The molecule has 0 aliphatic carbocycles. The predicted molar refractivity (Wildman–Crippen MR) is 86.7 cm³/mol. The number of hydrogen-bond acceptors (Lipinski definition) is 5. The van der Waals surface area contributed by atoms with Gasteiger partial charge in [-0.15, -0.1) is 0 Å². The fourth-order valence-corrected chi connectivity index (χ4v) is 3.39. The third kappa shape index (κ3) is 3.91. The van der Waals surface area contributed by atoms with Crippen molar-refractivity contribution in [2.45, 2.75) is 32.6 Å². The summed E-state index contributed by atoms with van der Waals surface area (Å²) < 4.78 is 16.7. The van der Waals surface area contributed by atoms with E-state index in [0.29, 0.717) is 5.92 Å². The van der Waals surface area contributed by atoms with Crippen LogP contribution in [0.1, 0.15) is 35.7 Å². The van der Waals surface area contributed by atoms with Gasteiger partial charge in [0.05, 0.1) is 20.3 Å². The summed E-state index contributed by atoms with van der Waals surface area (Å²) in [7, 11) is 1.67. The molecule has 0 saturated carbocycles. The molecule has 0 N–H and O–H groups in total. The Hall–Kier alpha value is -1.43. The number of likely N-dealkylation sites (tertiary alicyclic amines) is 1. The quantitative estimate of drug-likeness (QED) is 0.780. The second kappa shape index (κ2) is 7.43. The first-order valence-electron chi connectivity index (χ1n) is 8.31. The average molecular weight is 319 g/mol. The molecule has 2 saturated heterocycles. The van der Waals surface area contributed by atoms with Crippen LogP contribution in [0.3, 0.4) is 0 Å².